The Bertz CT molecular complexity index is 1440. The first-order valence-electron chi connectivity index (χ1n) is 16.0. The lowest BCUT2D eigenvalue weighted by Crippen LogP contribution is -2.47. The number of carbonyl (C=O) groups is 1. The summed E-state index contributed by atoms with van der Waals surface area (Å²) in [6.45, 7) is 9.49. The Morgan fingerprint density at radius 3 is 2.43 bits per heavy atom. The summed E-state index contributed by atoms with van der Waals surface area (Å²) in [5, 5.41) is 14.7. The Balaban J connectivity index is 1.26. The van der Waals surface area contributed by atoms with Gasteiger partial charge in [0.1, 0.15) is 11.9 Å². The minimum absolute atomic E-state index is 0.0165. The van der Waals surface area contributed by atoms with Gasteiger partial charge in [-0.25, -0.2) is 13.2 Å². The van der Waals surface area contributed by atoms with Crippen molar-refractivity contribution in [3.63, 3.8) is 0 Å². The summed E-state index contributed by atoms with van der Waals surface area (Å²) in [5.41, 5.74) is 3.74. The third-order valence-corrected chi connectivity index (χ3v) is 9.87. The molecule has 1 saturated heterocycles. The molecule has 0 radical (unpaired) electrons. The van der Waals surface area contributed by atoms with Crippen LogP contribution in [0.1, 0.15) is 80.8 Å². The molecule has 238 valence electrons. The van der Waals surface area contributed by atoms with E-state index < -0.39 is 23.6 Å². The molecule has 0 bridgehead atoms. The molecule has 1 aliphatic carbocycles. The number of aromatic nitrogens is 2. The number of carboxylic acids is 1. The zero-order valence-electron chi connectivity index (χ0n) is 26.2. The number of aliphatic carboxylic acids is 1. The van der Waals surface area contributed by atoms with Gasteiger partial charge in [0.25, 0.3) is 0 Å². The molecular weight excluding hydrogens is 565 g/mol. The molecule has 6 nitrogen and oxygen atoms in total. The molecule has 4 atom stereocenters. The van der Waals surface area contributed by atoms with Gasteiger partial charge in [-0.1, -0.05) is 32.0 Å². The molecule has 2 fully saturated rings. The van der Waals surface area contributed by atoms with Crippen molar-refractivity contribution < 1.29 is 23.1 Å². The van der Waals surface area contributed by atoms with Crippen LogP contribution >= 0.6 is 0 Å². The van der Waals surface area contributed by atoms with Crippen LogP contribution in [0.2, 0.25) is 0 Å². The van der Waals surface area contributed by atoms with E-state index in [0.717, 1.165) is 69.2 Å². The van der Waals surface area contributed by atoms with E-state index in [-0.39, 0.29) is 23.7 Å². The van der Waals surface area contributed by atoms with Gasteiger partial charge in [-0.05, 0) is 112 Å². The van der Waals surface area contributed by atoms with E-state index in [0.29, 0.717) is 23.8 Å². The van der Waals surface area contributed by atoms with E-state index in [1.807, 2.05) is 36.5 Å². The number of hydrogen-bond donors (Lipinski definition) is 1. The van der Waals surface area contributed by atoms with Crippen molar-refractivity contribution in [3.8, 4) is 0 Å². The molecule has 1 saturated carbocycles. The zero-order chi connectivity index (χ0) is 31.5. The molecule has 1 aromatic heterocycles. The van der Waals surface area contributed by atoms with Crippen molar-refractivity contribution in [1.29, 1.82) is 0 Å². The Labute approximate surface area is 258 Å². The summed E-state index contributed by atoms with van der Waals surface area (Å²) >= 11 is 0. The molecule has 0 unspecified atom stereocenters. The minimum Gasteiger partial charge on any atom is -0.480 e. The maximum absolute atomic E-state index is 14.3. The third kappa shape index (κ3) is 7.20. The lowest BCUT2D eigenvalue weighted by atomic mass is 9.87. The molecule has 2 heterocycles. The fourth-order valence-electron chi connectivity index (χ4n) is 7.69. The van der Waals surface area contributed by atoms with Crippen LogP contribution in [0.5, 0.6) is 0 Å². The van der Waals surface area contributed by atoms with Crippen LogP contribution in [0.3, 0.4) is 0 Å². The Kier molecular flexibility index (Phi) is 10.2. The topological polar surface area (TPSA) is 61.6 Å². The van der Waals surface area contributed by atoms with E-state index in [4.69, 9.17) is 5.10 Å². The largest absolute Gasteiger partial charge is 0.480 e. The van der Waals surface area contributed by atoms with Crippen LogP contribution in [0.25, 0.3) is 0 Å². The number of likely N-dealkylation sites (tertiary alicyclic amines) is 1. The molecule has 1 N–H and O–H groups in total. The highest BCUT2D eigenvalue weighted by Crippen LogP contribution is 2.43. The molecule has 0 spiro atoms. The molecule has 0 amide bonds. The highest BCUT2D eigenvalue weighted by atomic mass is 19.2. The molecule has 9 heteroatoms. The molecule has 3 aromatic rings. The predicted octanol–water partition coefficient (Wildman–Crippen LogP) is 6.69. The maximum atomic E-state index is 14.3. The summed E-state index contributed by atoms with van der Waals surface area (Å²) in [7, 11) is 1.93. The van der Waals surface area contributed by atoms with E-state index in [1.165, 1.54) is 17.8 Å². The summed E-state index contributed by atoms with van der Waals surface area (Å²) in [6.07, 6.45) is 4.13. The Hall–Kier alpha value is -3.17. The van der Waals surface area contributed by atoms with Gasteiger partial charge in [0.05, 0.1) is 5.69 Å². The van der Waals surface area contributed by atoms with Crippen LogP contribution < -0.4 is 0 Å². The first-order valence-corrected chi connectivity index (χ1v) is 16.0. The SMILES string of the molecule is CCn1nc(Cc2ccc(F)c(F)c2)cc1C1CCN(C[C@H]2C[C@H](N(C)[C@@H](C(=O)O)C(C)C)C[C@@H]2c2cccc(F)c2)CC1. The van der Waals surface area contributed by atoms with Gasteiger partial charge in [-0.2, -0.15) is 5.10 Å². The highest BCUT2D eigenvalue weighted by Gasteiger charge is 2.42. The lowest BCUT2D eigenvalue weighted by Gasteiger charge is -2.35. The van der Waals surface area contributed by atoms with Crippen molar-refractivity contribution in [3.05, 3.63) is 88.5 Å². The second-order valence-electron chi connectivity index (χ2n) is 13.1. The van der Waals surface area contributed by atoms with Crippen molar-refractivity contribution in [1.82, 2.24) is 19.6 Å². The van der Waals surface area contributed by atoms with E-state index in [1.54, 1.807) is 18.2 Å². The van der Waals surface area contributed by atoms with Crippen molar-refractivity contribution in [2.24, 2.45) is 11.8 Å². The molecular formula is C35H45F3N4O2. The van der Waals surface area contributed by atoms with E-state index in [2.05, 4.69) is 17.9 Å². The lowest BCUT2D eigenvalue weighted by molar-refractivity contribution is -0.145. The maximum Gasteiger partial charge on any atom is 0.321 e. The number of likely N-dealkylation sites (N-methyl/N-ethyl adjacent to an activating group) is 1. The molecule has 2 aliphatic rings. The number of rotatable bonds is 11. The van der Waals surface area contributed by atoms with Crippen molar-refractivity contribution in [2.75, 3.05) is 26.7 Å². The first-order chi connectivity index (χ1) is 21.0. The number of nitrogens with zero attached hydrogens (tertiary/aromatic N) is 4. The number of benzene rings is 2. The first kappa shape index (κ1) is 32.2. The normalized spacial score (nSPS) is 22.2. The minimum atomic E-state index is -0.845. The number of piperidine rings is 1. The monoisotopic (exact) mass is 610 g/mol. The fourth-order valence-corrected chi connectivity index (χ4v) is 7.69. The number of carboxylic acid groups (broad SMARTS) is 1. The second kappa shape index (κ2) is 13.9. The average molecular weight is 611 g/mol. The quantitative estimate of drug-likeness (QED) is 0.262. The van der Waals surface area contributed by atoms with Gasteiger partial charge in [-0.3, -0.25) is 14.4 Å². The Morgan fingerprint density at radius 2 is 1.80 bits per heavy atom. The molecule has 2 aromatic carbocycles. The van der Waals surface area contributed by atoms with E-state index >= 15 is 0 Å². The number of aryl methyl sites for hydroxylation is 1. The van der Waals surface area contributed by atoms with Crippen molar-refractivity contribution >= 4 is 5.97 Å². The Morgan fingerprint density at radius 1 is 1.05 bits per heavy atom. The highest BCUT2D eigenvalue weighted by molar-refractivity contribution is 5.73. The summed E-state index contributed by atoms with van der Waals surface area (Å²) < 4.78 is 43.5. The third-order valence-electron chi connectivity index (χ3n) is 9.87. The number of halogens is 3. The van der Waals surface area contributed by atoms with Crippen LogP contribution in [0.15, 0.2) is 48.5 Å². The van der Waals surface area contributed by atoms with Crippen LogP contribution in [-0.2, 0) is 17.8 Å². The number of hydrogen-bond acceptors (Lipinski definition) is 4. The predicted molar refractivity (Wildman–Crippen MR) is 165 cm³/mol. The summed E-state index contributed by atoms with van der Waals surface area (Å²) in [4.78, 5) is 16.7. The second-order valence-corrected chi connectivity index (χ2v) is 13.1. The standard InChI is InChI=1S/C35H45F3N4O2/c1-5-42-33(19-28(39-42)15-23-9-10-31(37)32(38)16-23)24-11-13-41(14-12-24)21-26-18-29(40(4)34(22(2)3)35(43)44)20-30(26)25-7-6-8-27(36)17-25/h6-10,16-17,19,22,24,26,29-30,34H,5,11-15,18,20-21H2,1-4H3,(H,43,44)/t26-,29+,30-,34-/m1/s1. The van der Waals surface area contributed by atoms with Gasteiger partial charge < -0.3 is 10.0 Å². The van der Waals surface area contributed by atoms with Crippen LogP contribution in [0, 0.1) is 29.3 Å². The van der Waals surface area contributed by atoms with Gasteiger partial charge in [-0.15, -0.1) is 0 Å². The van der Waals surface area contributed by atoms with E-state index in [9.17, 15) is 23.1 Å². The molecule has 44 heavy (non-hydrogen) atoms. The zero-order valence-corrected chi connectivity index (χ0v) is 26.2. The molecule has 1 aliphatic heterocycles. The average Bonchev–Trinajstić information content (AvgIpc) is 3.59. The summed E-state index contributed by atoms with van der Waals surface area (Å²) in [6, 6.07) is 12.6. The summed E-state index contributed by atoms with van der Waals surface area (Å²) in [5.74, 6) is -1.91. The van der Waals surface area contributed by atoms with Gasteiger partial charge >= 0.3 is 5.97 Å². The fraction of sp³-hybridized carbons (Fsp3) is 0.543. The van der Waals surface area contributed by atoms with Crippen LogP contribution in [0.4, 0.5) is 13.2 Å². The van der Waals surface area contributed by atoms with Gasteiger partial charge in [0.2, 0.25) is 0 Å². The van der Waals surface area contributed by atoms with Gasteiger partial charge in [0.15, 0.2) is 11.6 Å². The van der Waals surface area contributed by atoms with Crippen molar-refractivity contribution in [2.45, 2.75) is 83.3 Å². The van der Waals surface area contributed by atoms with Gasteiger partial charge in [0, 0.05) is 37.2 Å². The smallest absolute Gasteiger partial charge is 0.321 e. The molecule has 5 rings (SSSR count). The van der Waals surface area contributed by atoms with Crippen LogP contribution in [-0.4, -0.2) is 69.4 Å².